The summed E-state index contributed by atoms with van der Waals surface area (Å²) in [5.41, 5.74) is 1.33. The maximum absolute atomic E-state index is 11.7. The molecule has 0 atom stereocenters. The largest absolute Gasteiger partial charge is 0.872 e. The molecule has 0 radical (unpaired) electrons. The van der Waals surface area contributed by atoms with E-state index >= 15 is 0 Å². The monoisotopic (exact) mass is 213 g/mol. The van der Waals surface area contributed by atoms with Gasteiger partial charge < -0.3 is 10.2 Å². The number of carboxylic acid groups (broad SMARTS) is 1. The summed E-state index contributed by atoms with van der Waals surface area (Å²) in [6, 6.07) is 13.3. The average Bonchev–Trinajstić information content (AvgIpc) is 2.30. The van der Waals surface area contributed by atoms with Gasteiger partial charge in [-0.25, -0.2) is 4.79 Å². The fourth-order valence-corrected chi connectivity index (χ4v) is 1.51. The molecule has 16 heavy (non-hydrogen) atoms. The summed E-state index contributed by atoms with van der Waals surface area (Å²) in [4.78, 5) is 10.7. The predicted molar refractivity (Wildman–Crippen MR) is 58.3 cm³/mol. The molecule has 0 fully saturated rings. The van der Waals surface area contributed by atoms with E-state index in [4.69, 9.17) is 5.11 Å². The van der Waals surface area contributed by atoms with Crippen LogP contribution < -0.4 is 5.11 Å². The Labute approximate surface area is 92.6 Å². The molecule has 1 N–H and O–H groups in total. The van der Waals surface area contributed by atoms with Crippen molar-refractivity contribution in [2.45, 2.75) is 0 Å². The van der Waals surface area contributed by atoms with Crippen LogP contribution in [0.25, 0.3) is 11.1 Å². The van der Waals surface area contributed by atoms with Gasteiger partial charge in [-0.2, -0.15) is 0 Å². The molecule has 0 amide bonds. The SMILES string of the molecule is O=C(O)c1ccc(-c2ccccc2)c([O-])c1. The number of hydrogen-bond acceptors (Lipinski definition) is 2. The zero-order chi connectivity index (χ0) is 11.5. The first-order chi connectivity index (χ1) is 7.68. The third-order valence-electron chi connectivity index (χ3n) is 2.31. The summed E-state index contributed by atoms with van der Waals surface area (Å²) < 4.78 is 0. The zero-order valence-electron chi connectivity index (χ0n) is 8.38. The second-order valence-corrected chi connectivity index (χ2v) is 3.38. The standard InChI is InChI=1S/C13H10O3/c14-12-8-10(13(15)16)6-7-11(12)9-4-2-1-3-5-9/h1-8,14H,(H,15,16)/p-1. The van der Waals surface area contributed by atoms with E-state index in [9.17, 15) is 9.90 Å². The Morgan fingerprint density at radius 2 is 1.75 bits per heavy atom. The highest BCUT2D eigenvalue weighted by Gasteiger charge is 2.04. The van der Waals surface area contributed by atoms with Gasteiger partial charge in [0.25, 0.3) is 0 Å². The fraction of sp³-hybridized carbons (Fsp3) is 0. The van der Waals surface area contributed by atoms with Crippen LogP contribution in [0.5, 0.6) is 5.75 Å². The van der Waals surface area contributed by atoms with Crippen LogP contribution in [0.2, 0.25) is 0 Å². The van der Waals surface area contributed by atoms with E-state index in [1.165, 1.54) is 6.07 Å². The zero-order valence-corrected chi connectivity index (χ0v) is 8.38. The molecule has 2 aromatic rings. The molecular formula is C13H9O3-. The van der Waals surface area contributed by atoms with Gasteiger partial charge >= 0.3 is 5.97 Å². The van der Waals surface area contributed by atoms with Crippen molar-refractivity contribution < 1.29 is 15.0 Å². The van der Waals surface area contributed by atoms with Crippen molar-refractivity contribution in [3.05, 3.63) is 54.1 Å². The third-order valence-corrected chi connectivity index (χ3v) is 2.31. The van der Waals surface area contributed by atoms with Crippen molar-refractivity contribution >= 4 is 5.97 Å². The van der Waals surface area contributed by atoms with Crippen LogP contribution in [0, 0.1) is 0 Å². The highest BCUT2D eigenvalue weighted by Crippen LogP contribution is 2.27. The molecule has 0 bridgehead atoms. The molecule has 2 rings (SSSR count). The Kier molecular flexibility index (Phi) is 2.60. The van der Waals surface area contributed by atoms with Crippen LogP contribution in [0.4, 0.5) is 0 Å². The van der Waals surface area contributed by atoms with Crippen LogP contribution in [0.3, 0.4) is 0 Å². The van der Waals surface area contributed by atoms with Crippen LogP contribution >= 0.6 is 0 Å². The first-order valence-corrected chi connectivity index (χ1v) is 4.78. The smallest absolute Gasteiger partial charge is 0.335 e. The normalized spacial score (nSPS) is 10.0. The third kappa shape index (κ3) is 1.88. The molecule has 3 nitrogen and oxygen atoms in total. The highest BCUT2D eigenvalue weighted by atomic mass is 16.4. The highest BCUT2D eigenvalue weighted by molar-refractivity contribution is 5.89. The molecule has 0 aliphatic carbocycles. The van der Waals surface area contributed by atoms with Gasteiger partial charge in [0.2, 0.25) is 0 Å². The number of hydrogen-bond donors (Lipinski definition) is 1. The van der Waals surface area contributed by atoms with Crippen molar-refractivity contribution in [3.63, 3.8) is 0 Å². The van der Waals surface area contributed by atoms with Crippen molar-refractivity contribution in [1.82, 2.24) is 0 Å². The molecule has 0 aliphatic rings. The Bertz CT molecular complexity index is 518. The number of carbonyl (C=O) groups is 1. The minimum Gasteiger partial charge on any atom is -0.872 e. The van der Waals surface area contributed by atoms with Gasteiger partial charge in [-0.1, -0.05) is 42.5 Å². The number of aromatic carboxylic acids is 1. The van der Waals surface area contributed by atoms with E-state index < -0.39 is 5.97 Å². The summed E-state index contributed by atoms with van der Waals surface area (Å²) >= 11 is 0. The maximum atomic E-state index is 11.7. The minimum atomic E-state index is -1.09. The maximum Gasteiger partial charge on any atom is 0.335 e. The summed E-state index contributed by atoms with van der Waals surface area (Å²) in [6.07, 6.45) is 0. The molecule has 2 aromatic carbocycles. The second-order valence-electron chi connectivity index (χ2n) is 3.38. The molecular weight excluding hydrogens is 204 g/mol. The van der Waals surface area contributed by atoms with Crippen molar-refractivity contribution in [2.24, 2.45) is 0 Å². The van der Waals surface area contributed by atoms with E-state index in [-0.39, 0.29) is 11.3 Å². The van der Waals surface area contributed by atoms with E-state index in [1.807, 2.05) is 30.3 Å². The van der Waals surface area contributed by atoms with Gasteiger partial charge in [0.05, 0.1) is 5.56 Å². The lowest BCUT2D eigenvalue weighted by molar-refractivity contribution is -0.267. The minimum absolute atomic E-state index is 0.0182. The Hall–Kier alpha value is -2.29. The van der Waals surface area contributed by atoms with Crippen LogP contribution in [-0.2, 0) is 0 Å². The lowest BCUT2D eigenvalue weighted by Gasteiger charge is -2.14. The van der Waals surface area contributed by atoms with Crippen LogP contribution in [0.15, 0.2) is 48.5 Å². The number of benzene rings is 2. The van der Waals surface area contributed by atoms with Gasteiger partial charge in [-0.05, 0) is 17.2 Å². The van der Waals surface area contributed by atoms with Gasteiger partial charge in [0.15, 0.2) is 0 Å². The predicted octanol–water partition coefficient (Wildman–Crippen LogP) is 2.13. The summed E-state index contributed by atoms with van der Waals surface area (Å²) in [7, 11) is 0. The molecule has 0 saturated carbocycles. The van der Waals surface area contributed by atoms with E-state index in [0.717, 1.165) is 11.6 Å². The topological polar surface area (TPSA) is 60.4 Å². The van der Waals surface area contributed by atoms with Crippen LogP contribution in [0.1, 0.15) is 10.4 Å². The molecule has 80 valence electrons. The van der Waals surface area contributed by atoms with Gasteiger partial charge in [-0.3, -0.25) is 0 Å². The summed E-state index contributed by atoms with van der Waals surface area (Å²) in [6.45, 7) is 0. The van der Waals surface area contributed by atoms with E-state index in [1.54, 1.807) is 6.07 Å². The number of carboxylic acids is 1. The first kappa shape index (κ1) is 10.2. The molecule has 0 spiro atoms. The van der Waals surface area contributed by atoms with Crippen molar-refractivity contribution in [1.29, 1.82) is 0 Å². The van der Waals surface area contributed by atoms with Crippen molar-refractivity contribution in [2.75, 3.05) is 0 Å². The Balaban J connectivity index is 2.48. The first-order valence-electron chi connectivity index (χ1n) is 4.78. The molecule has 3 heteroatoms. The summed E-state index contributed by atoms with van der Waals surface area (Å²) in [5, 5.41) is 20.4. The molecule has 0 aromatic heterocycles. The van der Waals surface area contributed by atoms with Crippen LogP contribution in [-0.4, -0.2) is 11.1 Å². The summed E-state index contributed by atoms with van der Waals surface area (Å²) in [5.74, 6) is -1.36. The molecule has 0 unspecified atom stereocenters. The van der Waals surface area contributed by atoms with Gasteiger partial charge in [-0.15, -0.1) is 5.75 Å². The fourth-order valence-electron chi connectivity index (χ4n) is 1.51. The van der Waals surface area contributed by atoms with E-state index in [0.29, 0.717) is 5.56 Å². The quantitative estimate of drug-likeness (QED) is 0.831. The molecule has 0 heterocycles. The Morgan fingerprint density at radius 3 is 2.31 bits per heavy atom. The molecule has 0 saturated heterocycles. The Morgan fingerprint density at radius 1 is 1.06 bits per heavy atom. The lowest BCUT2D eigenvalue weighted by atomic mass is 10.0. The van der Waals surface area contributed by atoms with E-state index in [2.05, 4.69) is 0 Å². The van der Waals surface area contributed by atoms with Crippen molar-refractivity contribution in [3.8, 4) is 16.9 Å². The second kappa shape index (κ2) is 4.06. The lowest BCUT2D eigenvalue weighted by Crippen LogP contribution is -2.00. The number of rotatable bonds is 2. The van der Waals surface area contributed by atoms with Gasteiger partial charge in [0.1, 0.15) is 0 Å². The molecule has 0 aliphatic heterocycles. The average molecular weight is 213 g/mol. The van der Waals surface area contributed by atoms with Gasteiger partial charge in [0, 0.05) is 0 Å².